The molecule has 0 aromatic rings. The minimum Gasteiger partial charge on any atom is -0.469 e. The molecule has 0 unspecified atom stereocenters. The van der Waals surface area contributed by atoms with Crippen molar-refractivity contribution in [3.05, 3.63) is 0 Å². The Bertz CT molecular complexity index is 179. The maximum atomic E-state index is 10.9. The Labute approximate surface area is 70.5 Å². The van der Waals surface area contributed by atoms with Gasteiger partial charge in [-0.1, -0.05) is 0 Å². The molecule has 12 heavy (non-hydrogen) atoms. The van der Waals surface area contributed by atoms with Crippen molar-refractivity contribution in [2.45, 2.75) is 0 Å². The predicted octanol–water partition coefficient (Wildman–Crippen LogP) is -1.42. The number of hydrogen-bond donors (Lipinski definition) is 1. The number of hydrogen-bond acceptors (Lipinski definition) is 4. The van der Waals surface area contributed by atoms with Crippen LogP contribution in [-0.2, 0) is 14.3 Å². The number of nitrogens with two attached hydrogens (primary N) is 1. The predicted molar refractivity (Wildman–Crippen MR) is 41.1 cm³/mol. The first-order chi connectivity index (χ1) is 5.69. The summed E-state index contributed by atoms with van der Waals surface area (Å²) in [5.41, 5.74) is 5.13. The van der Waals surface area contributed by atoms with Gasteiger partial charge in [0.25, 0.3) is 0 Å². The molecule has 1 fully saturated rings. The fourth-order valence-corrected chi connectivity index (χ4v) is 1.13. The molecular weight excluding hydrogens is 160 g/mol. The van der Waals surface area contributed by atoms with Gasteiger partial charge in [0.1, 0.15) is 0 Å². The molecule has 1 amide bonds. The zero-order valence-electron chi connectivity index (χ0n) is 6.95. The fraction of sp³-hybridized carbons (Fsp3) is 0.714. The van der Waals surface area contributed by atoms with Crippen LogP contribution in [0.4, 0.5) is 0 Å². The summed E-state index contributed by atoms with van der Waals surface area (Å²) in [6, 6.07) is 0. The van der Waals surface area contributed by atoms with Gasteiger partial charge in [-0.05, 0) is 0 Å². The van der Waals surface area contributed by atoms with E-state index in [1.54, 1.807) is 4.90 Å². The second kappa shape index (κ2) is 3.53. The topological polar surface area (TPSA) is 72.6 Å². The number of likely N-dealkylation sites (tertiary alicyclic amines) is 1. The summed E-state index contributed by atoms with van der Waals surface area (Å²) in [5, 5.41) is 0. The first-order valence-corrected chi connectivity index (χ1v) is 3.74. The second-order valence-corrected chi connectivity index (χ2v) is 2.72. The minimum atomic E-state index is -0.254. The molecule has 0 bridgehead atoms. The van der Waals surface area contributed by atoms with Crippen LogP contribution in [0.15, 0.2) is 0 Å². The molecule has 68 valence electrons. The summed E-state index contributed by atoms with van der Waals surface area (Å²) in [6.07, 6.45) is 0. The van der Waals surface area contributed by atoms with Crippen LogP contribution in [0, 0.1) is 5.92 Å². The van der Waals surface area contributed by atoms with E-state index in [1.807, 2.05) is 0 Å². The van der Waals surface area contributed by atoms with Crippen LogP contribution in [0.5, 0.6) is 0 Å². The summed E-state index contributed by atoms with van der Waals surface area (Å²) in [6.45, 7) is 0.902. The number of carbonyl (C=O) groups is 2. The standard InChI is InChI=1S/C7H12N2O3/c1-12-7(11)5-3-9(4-5)6(10)2-8/h5H,2-4,8H2,1H3. The van der Waals surface area contributed by atoms with Gasteiger partial charge in [0.15, 0.2) is 0 Å². The van der Waals surface area contributed by atoms with Crippen LogP contribution < -0.4 is 5.73 Å². The highest BCUT2D eigenvalue weighted by atomic mass is 16.5. The zero-order chi connectivity index (χ0) is 9.14. The van der Waals surface area contributed by atoms with E-state index in [-0.39, 0.29) is 24.3 Å². The van der Waals surface area contributed by atoms with Crippen molar-refractivity contribution in [1.29, 1.82) is 0 Å². The highest BCUT2D eigenvalue weighted by Crippen LogP contribution is 2.16. The lowest BCUT2D eigenvalue weighted by atomic mass is 10.0. The molecule has 5 heteroatoms. The second-order valence-electron chi connectivity index (χ2n) is 2.72. The summed E-state index contributed by atoms with van der Waals surface area (Å²) in [7, 11) is 1.34. The van der Waals surface area contributed by atoms with E-state index in [0.29, 0.717) is 13.1 Å². The number of rotatable bonds is 2. The summed E-state index contributed by atoms with van der Waals surface area (Å²) in [4.78, 5) is 23.3. The monoisotopic (exact) mass is 172 g/mol. The van der Waals surface area contributed by atoms with E-state index < -0.39 is 0 Å². The Kier molecular flexibility index (Phi) is 2.65. The van der Waals surface area contributed by atoms with Gasteiger partial charge in [0.05, 0.1) is 19.6 Å². The van der Waals surface area contributed by atoms with E-state index in [0.717, 1.165) is 0 Å². The number of amides is 1. The normalized spacial score (nSPS) is 17.0. The quantitative estimate of drug-likeness (QED) is 0.519. The van der Waals surface area contributed by atoms with Gasteiger partial charge in [-0.25, -0.2) is 0 Å². The van der Waals surface area contributed by atoms with Crippen LogP contribution in [-0.4, -0.2) is 43.5 Å². The van der Waals surface area contributed by atoms with Gasteiger partial charge >= 0.3 is 5.97 Å². The Morgan fingerprint density at radius 2 is 2.17 bits per heavy atom. The van der Waals surface area contributed by atoms with Crippen molar-refractivity contribution >= 4 is 11.9 Å². The highest BCUT2D eigenvalue weighted by Gasteiger charge is 2.35. The molecular formula is C7H12N2O3. The third-order valence-corrected chi connectivity index (χ3v) is 1.94. The van der Waals surface area contributed by atoms with Crippen molar-refractivity contribution < 1.29 is 14.3 Å². The van der Waals surface area contributed by atoms with E-state index in [1.165, 1.54) is 7.11 Å². The van der Waals surface area contributed by atoms with Crippen LogP contribution >= 0.6 is 0 Å². The number of nitrogens with zero attached hydrogens (tertiary/aromatic N) is 1. The van der Waals surface area contributed by atoms with E-state index in [2.05, 4.69) is 4.74 Å². The largest absolute Gasteiger partial charge is 0.469 e. The van der Waals surface area contributed by atoms with E-state index >= 15 is 0 Å². The lowest BCUT2D eigenvalue weighted by molar-refractivity contribution is -0.155. The third-order valence-electron chi connectivity index (χ3n) is 1.94. The lowest BCUT2D eigenvalue weighted by Gasteiger charge is -2.37. The third kappa shape index (κ3) is 1.55. The molecule has 0 aliphatic carbocycles. The van der Waals surface area contributed by atoms with Crippen molar-refractivity contribution in [3.63, 3.8) is 0 Å². The SMILES string of the molecule is COC(=O)C1CN(C(=O)CN)C1. The fourth-order valence-electron chi connectivity index (χ4n) is 1.13. The zero-order valence-corrected chi connectivity index (χ0v) is 6.95. The molecule has 1 heterocycles. The van der Waals surface area contributed by atoms with Crippen molar-refractivity contribution in [2.24, 2.45) is 11.7 Å². The molecule has 2 N–H and O–H groups in total. The van der Waals surface area contributed by atoms with Crippen molar-refractivity contribution in [3.8, 4) is 0 Å². The van der Waals surface area contributed by atoms with Crippen molar-refractivity contribution in [2.75, 3.05) is 26.7 Å². The van der Waals surface area contributed by atoms with Crippen LogP contribution in [0.3, 0.4) is 0 Å². The molecule has 0 aromatic carbocycles. The van der Waals surface area contributed by atoms with Crippen LogP contribution in [0.1, 0.15) is 0 Å². The minimum absolute atomic E-state index is 0.00783. The average Bonchev–Trinajstić information content (AvgIpc) is 2.01. The van der Waals surface area contributed by atoms with Crippen LogP contribution in [0.2, 0.25) is 0 Å². The summed E-state index contributed by atoms with van der Waals surface area (Å²) < 4.78 is 4.51. The Morgan fingerprint density at radius 1 is 1.58 bits per heavy atom. The number of ether oxygens (including phenoxy) is 1. The number of methoxy groups -OCH3 is 1. The highest BCUT2D eigenvalue weighted by molar-refractivity contribution is 5.82. The number of esters is 1. The van der Waals surface area contributed by atoms with Gasteiger partial charge < -0.3 is 15.4 Å². The van der Waals surface area contributed by atoms with E-state index in [4.69, 9.17) is 5.73 Å². The molecule has 0 radical (unpaired) electrons. The first kappa shape index (κ1) is 8.99. The summed E-state index contributed by atoms with van der Waals surface area (Å²) >= 11 is 0. The Hall–Kier alpha value is -1.10. The first-order valence-electron chi connectivity index (χ1n) is 3.74. The maximum absolute atomic E-state index is 10.9. The average molecular weight is 172 g/mol. The summed E-state index contributed by atoms with van der Waals surface area (Å²) in [5.74, 6) is -0.517. The maximum Gasteiger partial charge on any atom is 0.312 e. The molecule has 1 rings (SSSR count). The van der Waals surface area contributed by atoms with Gasteiger partial charge in [-0.3, -0.25) is 9.59 Å². The number of carbonyl (C=O) groups excluding carboxylic acids is 2. The van der Waals surface area contributed by atoms with Crippen LogP contribution in [0.25, 0.3) is 0 Å². The van der Waals surface area contributed by atoms with Gasteiger partial charge in [-0.2, -0.15) is 0 Å². The van der Waals surface area contributed by atoms with E-state index in [9.17, 15) is 9.59 Å². The molecule has 1 aliphatic heterocycles. The van der Waals surface area contributed by atoms with Gasteiger partial charge in [-0.15, -0.1) is 0 Å². The van der Waals surface area contributed by atoms with Gasteiger partial charge in [0, 0.05) is 13.1 Å². The molecule has 1 saturated heterocycles. The van der Waals surface area contributed by atoms with Crippen molar-refractivity contribution in [1.82, 2.24) is 4.90 Å². The smallest absolute Gasteiger partial charge is 0.312 e. The molecule has 0 saturated carbocycles. The molecule has 0 aromatic heterocycles. The molecule has 1 aliphatic rings. The lowest BCUT2D eigenvalue weighted by Crippen LogP contribution is -2.54. The molecule has 0 atom stereocenters. The molecule has 0 spiro atoms. The molecule has 5 nitrogen and oxygen atoms in total. The Balaban J connectivity index is 2.28. The van der Waals surface area contributed by atoms with Gasteiger partial charge in [0.2, 0.25) is 5.91 Å². The Morgan fingerprint density at radius 3 is 2.58 bits per heavy atom.